The average Bonchev–Trinajstić information content (AvgIpc) is 2.20. The molecule has 1 rings (SSSR count). The first-order valence-electron chi connectivity index (χ1n) is 4.52. The highest BCUT2D eigenvalue weighted by molar-refractivity contribution is 5.79. The third-order valence-corrected chi connectivity index (χ3v) is 1.94. The molecule has 0 saturated carbocycles. The highest BCUT2D eigenvalue weighted by Gasteiger charge is 1.99. The molecule has 0 aromatic heterocycles. The van der Waals surface area contributed by atoms with Crippen LogP contribution < -0.4 is 5.32 Å². The van der Waals surface area contributed by atoms with Crippen molar-refractivity contribution in [3.8, 4) is 5.75 Å². The van der Waals surface area contributed by atoms with E-state index in [0.29, 0.717) is 12.1 Å². The van der Waals surface area contributed by atoms with Crippen molar-refractivity contribution in [1.29, 1.82) is 0 Å². The Morgan fingerprint density at radius 3 is 2.87 bits per heavy atom. The molecule has 0 aliphatic rings. The number of allylic oxidation sites excluding steroid dienone is 1. The Morgan fingerprint density at radius 2 is 2.27 bits per heavy atom. The number of benzene rings is 1. The lowest BCUT2D eigenvalue weighted by Crippen LogP contribution is -1.91. The predicted octanol–water partition coefficient (Wildman–Crippen LogP) is 1.62. The number of anilines is 1. The Bertz CT molecular complexity index is 385. The summed E-state index contributed by atoms with van der Waals surface area (Å²) in [4.78, 5) is 10.2. The van der Waals surface area contributed by atoms with E-state index in [1.165, 1.54) is 0 Å². The summed E-state index contributed by atoms with van der Waals surface area (Å²) in [5.41, 5.74) is 1.57. The fourth-order valence-corrected chi connectivity index (χ4v) is 1.21. The van der Waals surface area contributed by atoms with Gasteiger partial charge in [-0.1, -0.05) is 12.1 Å². The largest absolute Gasteiger partial charge is 0.506 e. The number of phenolic OH excluding ortho intramolecular Hbond substituents is 1. The standard InChI is InChI=1S/C11H13NO3/c1-12-9-7-8(5-6-10(9)13)3-2-4-11(14)15/h2,4-7,12-13H,3H2,1H3,(H,14,15). The Morgan fingerprint density at radius 1 is 1.53 bits per heavy atom. The molecule has 0 atom stereocenters. The minimum Gasteiger partial charge on any atom is -0.506 e. The molecule has 0 heterocycles. The van der Waals surface area contributed by atoms with Gasteiger partial charge in [-0.3, -0.25) is 0 Å². The Labute approximate surface area is 87.9 Å². The Kier molecular flexibility index (Phi) is 3.74. The normalized spacial score (nSPS) is 10.5. The molecule has 3 N–H and O–H groups in total. The van der Waals surface area contributed by atoms with Crippen molar-refractivity contribution in [2.24, 2.45) is 0 Å². The monoisotopic (exact) mass is 207 g/mol. The van der Waals surface area contributed by atoms with Gasteiger partial charge < -0.3 is 15.5 Å². The van der Waals surface area contributed by atoms with Crippen LogP contribution in [-0.2, 0) is 11.2 Å². The Hall–Kier alpha value is -1.97. The van der Waals surface area contributed by atoms with Crippen molar-refractivity contribution >= 4 is 11.7 Å². The second kappa shape index (κ2) is 5.05. The molecule has 4 nitrogen and oxygen atoms in total. The van der Waals surface area contributed by atoms with Crippen LogP contribution in [0.1, 0.15) is 5.56 Å². The fourth-order valence-electron chi connectivity index (χ4n) is 1.21. The van der Waals surface area contributed by atoms with Crippen LogP contribution in [0.15, 0.2) is 30.4 Å². The molecule has 1 aromatic carbocycles. The third-order valence-electron chi connectivity index (χ3n) is 1.94. The molecule has 0 saturated heterocycles. The Balaban J connectivity index is 2.74. The van der Waals surface area contributed by atoms with Crippen LogP contribution in [0.3, 0.4) is 0 Å². The van der Waals surface area contributed by atoms with Crippen LogP contribution in [0.4, 0.5) is 5.69 Å². The van der Waals surface area contributed by atoms with Crippen molar-refractivity contribution in [3.05, 3.63) is 35.9 Å². The number of phenols is 1. The van der Waals surface area contributed by atoms with Gasteiger partial charge in [0.25, 0.3) is 0 Å². The van der Waals surface area contributed by atoms with Crippen LogP contribution in [0.5, 0.6) is 5.75 Å². The summed E-state index contributed by atoms with van der Waals surface area (Å²) in [6, 6.07) is 5.11. The highest BCUT2D eigenvalue weighted by Crippen LogP contribution is 2.23. The fraction of sp³-hybridized carbons (Fsp3) is 0.182. The predicted molar refractivity (Wildman–Crippen MR) is 58.1 cm³/mol. The number of hydrogen-bond acceptors (Lipinski definition) is 3. The van der Waals surface area contributed by atoms with Crippen LogP contribution in [0, 0.1) is 0 Å². The number of carboxylic acid groups (broad SMARTS) is 1. The molecule has 0 unspecified atom stereocenters. The van der Waals surface area contributed by atoms with Crippen molar-refractivity contribution in [1.82, 2.24) is 0 Å². The molecule has 15 heavy (non-hydrogen) atoms. The smallest absolute Gasteiger partial charge is 0.327 e. The summed E-state index contributed by atoms with van der Waals surface area (Å²) >= 11 is 0. The van der Waals surface area contributed by atoms with Gasteiger partial charge in [0.15, 0.2) is 0 Å². The molecule has 0 fully saturated rings. The minimum atomic E-state index is -0.956. The van der Waals surface area contributed by atoms with E-state index in [4.69, 9.17) is 5.11 Å². The van der Waals surface area contributed by atoms with Crippen LogP contribution in [0.2, 0.25) is 0 Å². The maximum atomic E-state index is 10.2. The van der Waals surface area contributed by atoms with Crippen molar-refractivity contribution < 1.29 is 15.0 Å². The lowest BCUT2D eigenvalue weighted by molar-refractivity contribution is -0.131. The van der Waals surface area contributed by atoms with E-state index in [-0.39, 0.29) is 5.75 Å². The number of aliphatic carboxylic acids is 1. The third kappa shape index (κ3) is 3.34. The van der Waals surface area contributed by atoms with Crippen LogP contribution >= 0.6 is 0 Å². The zero-order chi connectivity index (χ0) is 11.3. The molecule has 0 spiro atoms. The van der Waals surface area contributed by atoms with Crippen molar-refractivity contribution in [2.45, 2.75) is 6.42 Å². The number of carboxylic acids is 1. The molecule has 0 radical (unpaired) electrons. The number of hydrogen-bond donors (Lipinski definition) is 3. The van der Waals surface area contributed by atoms with Gasteiger partial charge in [-0.05, 0) is 24.1 Å². The van der Waals surface area contributed by atoms with Crippen LogP contribution in [-0.4, -0.2) is 23.2 Å². The van der Waals surface area contributed by atoms with Gasteiger partial charge in [0.05, 0.1) is 5.69 Å². The number of aromatic hydroxyl groups is 1. The van der Waals surface area contributed by atoms with Gasteiger partial charge in [0.1, 0.15) is 5.75 Å². The summed E-state index contributed by atoms with van der Waals surface area (Å²) in [5, 5.41) is 20.6. The first-order valence-corrected chi connectivity index (χ1v) is 4.52. The van der Waals surface area contributed by atoms with Crippen molar-refractivity contribution in [2.75, 3.05) is 12.4 Å². The average molecular weight is 207 g/mol. The van der Waals surface area contributed by atoms with E-state index in [2.05, 4.69) is 5.32 Å². The second-order valence-electron chi connectivity index (χ2n) is 3.05. The van der Waals surface area contributed by atoms with E-state index >= 15 is 0 Å². The lowest BCUT2D eigenvalue weighted by atomic mass is 10.1. The first kappa shape index (κ1) is 11.1. The molecule has 0 aliphatic heterocycles. The van der Waals surface area contributed by atoms with Crippen molar-refractivity contribution in [3.63, 3.8) is 0 Å². The van der Waals surface area contributed by atoms with E-state index in [1.807, 2.05) is 0 Å². The highest BCUT2D eigenvalue weighted by atomic mass is 16.4. The van der Waals surface area contributed by atoms with Gasteiger partial charge in [-0.25, -0.2) is 4.79 Å². The SMILES string of the molecule is CNc1cc(CC=CC(=O)O)ccc1O. The maximum absolute atomic E-state index is 10.2. The van der Waals surface area contributed by atoms with E-state index in [1.54, 1.807) is 31.3 Å². The molecule has 0 bridgehead atoms. The number of nitrogens with one attached hydrogen (secondary N) is 1. The summed E-state index contributed by atoms with van der Waals surface area (Å²) < 4.78 is 0. The van der Waals surface area contributed by atoms with Gasteiger partial charge in [0, 0.05) is 13.1 Å². The van der Waals surface area contributed by atoms with E-state index in [9.17, 15) is 9.90 Å². The second-order valence-corrected chi connectivity index (χ2v) is 3.05. The zero-order valence-electron chi connectivity index (χ0n) is 8.40. The molecule has 80 valence electrons. The van der Waals surface area contributed by atoms with E-state index < -0.39 is 5.97 Å². The molecular weight excluding hydrogens is 194 g/mol. The lowest BCUT2D eigenvalue weighted by Gasteiger charge is -2.05. The molecule has 4 heteroatoms. The summed E-state index contributed by atoms with van der Waals surface area (Å²) in [6.45, 7) is 0. The molecule has 1 aromatic rings. The van der Waals surface area contributed by atoms with Gasteiger partial charge >= 0.3 is 5.97 Å². The van der Waals surface area contributed by atoms with Gasteiger partial charge in [0.2, 0.25) is 0 Å². The summed E-state index contributed by atoms with van der Waals surface area (Å²) in [5.74, 6) is -0.772. The molecular formula is C11H13NO3. The summed E-state index contributed by atoms with van der Waals surface area (Å²) in [6.07, 6.45) is 3.20. The molecule has 0 amide bonds. The van der Waals surface area contributed by atoms with Crippen LogP contribution in [0.25, 0.3) is 0 Å². The zero-order valence-corrected chi connectivity index (χ0v) is 8.40. The number of carbonyl (C=O) groups is 1. The van der Waals surface area contributed by atoms with Gasteiger partial charge in [-0.2, -0.15) is 0 Å². The molecule has 0 aliphatic carbocycles. The minimum absolute atomic E-state index is 0.184. The topological polar surface area (TPSA) is 69.6 Å². The summed E-state index contributed by atoms with van der Waals surface area (Å²) in [7, 11) is 1.71. The van der Waals surface area contributed by atoms with E-state index in [0.717, 1.165) is 11.6 Å². The van der Waals surface area contributed by atoms with Gasteiger partial charge in [-0.15, -0.1) is 0 Å². The first-order chi connectivity index (χ1) is 7.13. The quantitative estimate of drug-likeness (QED) is 0.518. The maximum Gasteiger partial charge on any atom is 0.327 e. The number of rotatable bonds is 4.